The summed E-state index contributed by atoms with van der Waals surface area (Å²) >= 11 is 1.84. The van der Waals surface area contributed by atoms with Crippen LogP contribution in [0.4, 0.5) is 0 Å². The lowest BCUT2D eigenvalue weighted by Crippen LogP contribution is -2.06. The summed E-state index contributed by atoms with van der Waals surface area (Å²) in [4.78, 5) is 20.7. The van der Waals surface area contributed by atoms with Gasteiger partial charge in [0.2, 0.25) is 5.95 Å². The Balaban J connectivity index is 1.10. The van der Waals surface area contributed by atoms with Crippen molar-refractivity contribution in [3.8, 4) is 51.1 Å². The predicted octanol–water partition coefficient (Wildman–Crippen LogP) is 12.6. The fourth-order valence-electron chi connectivity index (χ4n) is 7.80. The van der Waals surface area contributed by atoms with Crippen LogP contribution in [0, 0.1) is 0 Å². The highest BCUT2D eigenvalue weighted by atomic mass is 32.1. The average Bonchev–Trinajstić information content (AvgIpc) is 3.80. The monoisotopic (exact) mass is 707 g/mol. The van der Waals surface area contributed by atoms with Crippen LogP contribution in [0.15, 0.2) is 176 Å². The molecule has 0 N–H and O–H groups in total. The van der Waals surface area contributed by atoms with Gasteiger partial charge in [-0.1, -0.05) is 152 Å². The number of nitrogens with zero attached hydrogens (tertiary/aromatic N) is 5. The van der Waals surface area contributed by atoms with Crippen molar-refractivity contribution >= 4 is 64.2 Å². The smallest absolute Gasteiger partial charge is 0.238 e. The Kier molecular flexibility index (Phi) is 6.97. The first-order chi connectivity index (χ1) is 26.8. The molecule has 11 aromatic rings. The maximum absolute atomic E-state index is 5.41. The van der Waals surface area contributed by atoms with Crippen LogP contribution in [0.25, 0.3) is 104 Å². The summed E-state index contributed by atoms with van der Waals surface area (Å²) in [6.07, 6.45) is 0. The second-order valence-electron chi connectivity index (χ2n) is 13.4. The fraction of sp³-hybridized carbons (Fsp3) is 0. The van der Waals surface area contributed by atoms with E-state index < -0.39 is 0 Å². The van der Waals surface area contributed by atoms with Gasteiger partial charge in [0.1, 0.15) is 0 Å². The average molecular weight is 708 g/mol. The van der Waals surface area contributed by atoms with Gasteiger partial charge in [0.15, 0.2) is 11.6 Å². The van der Waals surface area contributed by atoms with Crippen molar-refractivity contribution in [1.82, 2.24) is 24.5 Å². The minimum atomic E-state index is 0.581. The van der Waals surface area contributed by atoms with Gasteiger partial charge in [-0.15, -0.1) is 11.3 Å². The first-order valence-corrected chi connectivity index (χ1v) is 18.8. The van der Waals surface area contributed by atoms with E-state index in [-0.39, 0.29) is 0 Å². The molecule has 0 aliphatic carbocycles. The molecule has 0 fully saturated rings. The molecule has 0 unspecified atom stereocenters. The third kappa shape index (κ3) is 4.85. The van der Waals surface area contributed by atoms with Crippen molar-refractivity contribution in [2.24, 2.45) is 0 Å². The molecule has 0 aliphatic rings. The van der Waals surface area contributed by atoms with Gasteiger partial charge in [-0.25, -0.2) is 9.97 Å². The molecule has 252 valence electrons. The standard InChI is InChI=1S/C48H29N5S/c1-3-14-30(15-4-1)34-21-13-22-38-42(34)45-43(37-20-9-12-25-41(37)54-45)44(49-38)31-26-28-33(29-27-31)47-50-46(32-16-5-2-6-17-32)51-48(52-47)53-39-23-10-7-18-35(39)36-19-8-11-24-40(36)53/h1-29H. The summed E-state index contributed by atoms with van der Waals surface area (Å²) in [6, 6.07) is 61.3. The van der Waals surface area contributed by atoms with Crippen LogP contribution < -0.4 is 0 Å². The van der Waals surface area contributed by atoms with Gasteiger partial charge in [-0.3, -0.25) is 4.57 Å². The fourth-order valence-corrected chi connectivity index (χ4v) is 9.07. The zero-order valence-electron chi connectivity index (χ0n) is 28.9. The first kappa shape index (κ1) is 30.6. The molecule has 7 aromatic carbocycles. The van der Waals surface area contributed by atoms with E-state index in [1.807, 2.05) is 41.7 Å². The Labute approximate surface area is 314 Å². The number of pyridine rings is 1. The molecular formula is C48H29N5S. The van der Waals surface area contributed by atoms with Crippen molar-refractivity contribution in [3.63, 3.8) is 0 Å². The van der Waals surface area contributed by atoms with E-state index in [0.717, 1.165) is 49.7 Å². The largest absolute Gasteiger partial charge is 0.278 e. The Hall–Kier alpha value is -7.02. The minimum Gasteiger partial charge on any atom is -0.278 e. The van der Waals surface area contributed by atoms with Gasteiger partial charge in [-0.2, -0.15) is 9.97 Å². The summed E-state index contributed by atoms with van der Waals surface area (Å²) in [5.41, 5.74) is 9.31. The Morgan fingerprint density at radius 1 is 0.389 bits per heavy atom. The second-order valence-corrected chi connectivity index (χ2v) is 14.5. The van der Waals surface area contributed by atoms with Crippen molar-refractivity contribution in [2.45, 2.75) is 0 Å². The molecule has 0 radical (unpaired) electrons. The number of para-hydroxylation sites is 2. The van der Waals surface area contributed by atoms with Gasteiger partial charge in [0.05, 0.1) is 22.2 Å². The van der Waals surface area contributed by atoms with Gasteiger partial charge in [-0.05, 0) is 35.4 Å². The minimum absolute atomic E-state index is 0.581. The summed E-state index contributed by atoms with van der Waals surface area (Å²) in [6.45, 7) is 0. The Morgan fingerprint density at radius 2 is 0.944 bits per heavy atom. The highest BCUT2D eigenvalue weighted by Crippen LogP contribution is 2.45. The van der Waals surface area contributed by atoms with E-state index >= 15 is 0 Å². The van der Waals surface area contributed by atoms with Crippen LogP contribution in [-0.4, -0.2) is 24.5 Å². The van der Waals surface area contributed by atoms with Crippen LogP contribution in [0.2, 0.25) is 0 Å². The normalized spacial score (nSPS) is 11.7. The van der Waals surface area contributed by atoms with Crippen LogP contribution in [-0.2, 0) is 0 Å². The zero-order chi connectivity index (χ0) is 35.6. The molecule has 11 rings (SSSR count). The van der Waals surface area contributed by atoms with Gasteiger partial charge < -0.3 is 0 Å². The maximum Gasteiger partial charge on any atom is 0.238 e. The molecule has 4 heterocycles. The molecule has 6 heteroatoms. The quantitative estimate of drug-likeness (QED) is 0.179. The van der Waals surface area contributed by atoms with Crippen LogP contribution in [0.1, 0.15) is 0 Å². The number of aromatic nitrogens is 5. The van der Waals surface area contributed by atoms with Gasteiger partial charge in [0, 0.05) is 53.0 Å². The van der Waals surface area contributed by atoms with Gasteiger partial charge >= 0.3 is 0 Å². The van der Waals surface area contributed by atoms with E-state index in [0.29, 0.717) is 17.6 Å². The van der Waals surface area contributed by atoms with E-state index in [1.54, 1.807) is 0 Å². The highest BCUT2D eigenvalue weighted by molar-refractivity contribution is 7.26. The molecule has 0 bridgehead atoms. The lowest BCUT2D eigenvalue weighted by molar-refractivity contribution is 0.953. The Bertz CT molecular complexity index is 3150. The molecule has 0 spiro atoms. The summed E-state index contributed by atoms with van der Waals surface area (Å²) in [5, 5.41) is 5.91. The zero-order valence-corrected chi connectivity index (χ0v) is 29.7. The number of benzene rings is 7. The van der Waals surface area contributed by atoms with Crippen molar-refractivity contribution < 1.29 is 0 Å². The molecule has 0 atom stereocenters. The number of hydrogen-bond acceptors (Lipinski definition) is 5. The maximum atomic E-state index is 5.41. The SMILES string of the molecule is c1ccc(-c2nc(-c3ccc(-c4nc5cccc(-c6ccccc6)c5c5sc6ccccc6c45)cc3)nc(-n3c4ccccc4c4ccccc43)n2)cc1. The lowest BCUT2D eigenvalue weighted by atomic mass is 9.96. The van der Waals surface area contributed by atoms with Crippen molar-refractivity contribution in [2.75, 3.05) is 0 Å². The summed E-state index contributed by atoms with van der Waals surface area (Å²) < 4.78 is 4.65. The molecule has 0 saturated heterocycles. The topological polar surface area (TPSA) is 56.5 Å². The van der Waals surface area contributed by atoms with Crippen molar-refractivity contribution in [3.05, 3.63) is 176 Å². The van der Waals surface area contributed by atoms with E-state index in [1.165, 1.54) is 36.7 Å². The molecule has 54 heavy (non-hydrogen) atoms. The first-order valence-electron chi connectivity index (χ1n) is 18.0. The van der Waals surface area contributed by atoms with Gasteiger partial charge in [0.25, 0.3) is 0 Å². The van der Waals surface area contributed by atoms with E-state index in [4.69, 9.17) is 19.9 Å². The van der Waals surface area contributed by atoms with E-state index in [2.05, 4.69) is 150 Å². The third-order valence-electron chi connectivity index (χ3n) is 10.3. The van der Waals surface area contributed by atoms with Crippen LogP contribution in [0.5, 0.6) is 0 Å². The molecule has 0 saturated carbocycles. The number of thiophene rings is 1. The molecule has 5 nitrogen and oxygen atoms in total. The third-order valence-corrected chi connectivity index (χ3v) is 11.5. The number of hydrogen-bond donors (Lipinski definition) is 0. The predicted molar refractivity (Wildman–Crippen MR) is 224 cm³/mol. The molecule has 0 amide bonds. The number of rotatable bonds is 5. The lowest BCUT2D eigenvalue weighted by Gasteiger charge is -2.13. The Morgan fingerprint density at radius 3 is 1.63 bits per heavy atom. The summed E-state index contributed by atoms with van der Waals surface area (Å²) in [5.74, 6) is 1.81. The van der Waals surface area contributed by atoms with E-state index in [9.17, 15) is 0 Å². The molecule has 0 aliphatic heterocycles. The molecular weight excluding hydrogens is 679 g/mol. The molecule has 4 aromatic heterocycles. The number of fused-ring (bicyclic) bond motifs is 8. The van der Waals surface area contributed by atoms with Crippen molar-refractivity contribution in [1.29, 1.82) is 0 Å². The second kappa shape index (κ2) is 12.3. The summed E-state index contributed by atoms with van der Waals surface area (Å²) in [7, 11) is 0. The highest BCUT2D eigenvalue weighted by Gasteiger charge is 2.20. The van der Waals surface area contributed by atoms with Crippen LogP contribution in [0.3, 0.4) is 0 Å². The van der Waals surface area contributed by atoms with Crippen LogP contribution >= 0.6 is 11.3 Å².